The number of nitrogens with zero attached hydrogens (tertiary/aromatic N) is 3. The van der Waals surface area contributed by atoms with Gasteiger partial charge in [0.2, 0.25) is 0 Å². The van der Waals surface area contributed by atoms with Crippen molar-refractivity contribution in [1.82, 2.24) is 15.3 Å². The molecular formula is C17H15Cl2N5O. The van der Waals surface area contributed by atoms with Crippen molar-refractivity contribution in [3.05, 3.63) is 45.3 Å². The summed E-state index contributed by atoms with van der Waals surface area (Å²) < 4.78 is 0. The van der Waals surface area contributed by atoms with Crippen LogP contribution in [0.2, 0.25) is 10.0 Å². The van der Waals surface area contributed by atoms with Crippen molar-refractivity contribution < 1.29 is 4.79 Å². The number of carbonyl (C=O) groups is 1. The summed E-state index contributed by atoms with van der Waals surface area (Å²) in [4.78, 5) is 21.8. The van der Waals surface area contributed by atoms with Crippen molar-refractivity contribution in [2.45, 2.75) is 13.0 Å². The minimum absolute atomic E-state index is 0.153. The molecule has 2 aliphatic rings. The fourth-order valence-corrected chi connectivity index (χ4v) is 3.93. The number of pyridine rings is 1. The van der Waals surface area contributed by atoms with E-state index in [1.54, 1.807) is 19.2 Å². The molecule has 2 aromatic rings. The predicted molar refractivity (Wildman–Crippen MR) is 94.9 cm³/mol. The van der Waals surface area contributed by atoms with Crippen LogP contribution in [-0.2, 0) is 0 Å². The quantitative estimate of drug-likeness (QED) is 0.863. The Morgan fingerprint density at radius 1 is 1.36 bits per heavy atom. The van der Waals surface area contributed by atoms with Crippen molar-refractivity contribution in [3.8, 4) is 6.07 Å². The molecule has 3 atom stereocenters. The van der Waals surface area contributed by atoms with E-state index in [2.05, 4.69) is 26.3 Å². The number of carbonyl (C=O) groups excluding carboxylic acids is 1. The second-order valence-corrected chi connectivity index (χ2v) is 7.26. The number of aryl methyl sites for hydroxylation is 1. The molecule has 1 saturated heterocycles. The molecule has 128 valence electrons. The van der Waals surface area contributed by atoms with E-state index in [0.29, 0.717) is 33.8 Å². The Hall–Kier alpha value is -2.23. The first-order valence-electron chi connectivity index (χ1n) is 7.95. The van der Waals surface area contributed by atoms with Crippen LogP contribution in [0.1, 0.15) is 21.7 Å². The van der Waals surface area contributed by atoms with Crippen molar-refractivity contribution in [1.29, 1.82) is 5.26 Å². The lowest BCUT2D eigenvalue weighted by Crippen LogP contribution is -2.35. The van der Waals surface area contributed by atoms with Crippen molar-refractivity contribution >= 4 is 34.9 Å². The maximum Gasteiger partial charge on any atom is 0.269 e. The first kappa shape index (κ1) is 16.2. The van der Waals surface area contributed by atoms with Gasteiger partial charge in [-0.15, -0.1) is 0 Å². The van der Waals surface area contributed by atoms with Gasteiger partial charge >= 0.3 is 0 Å². The summed E-state index contributed by atoms with van der Waals surface area (Å²) in [5, 5.41) is 12.5. The minimum atomic E-state index is -0.220. The van der Waals surface area contributed by atoms with E-state index in [1.807, 2.05) is 6.07 Å². The van der Waals surface area contributed by atoms with E-state index in [1.165, 1.54) is 0 Å². The smallest absolute Gasteiger partial charge is 0.269 e. The zero-order valence-electron chi connectivity index (χ0n) is 13.4. The van der Waals surface area contributed by atoms with Gasteiger partial charge in [-0.05, 0) is 19.1 Å². The summed E-state index contributed by atoms with van der Waals surface area (Å²) >= 11 is 12.1. The van der Waals surface area contributed by atoms with E-state index in [4.69, 9.17) is 28.5 Å². The van der Waals surface area contributed by atoms with Crippen LogP contribution in [0.3, 0.4) is 0 Å². The Labute approximate surface area is 154 Å². The van der Waals surface area contributed by atoms with Crippen LogP contribution in [0.25, 0.3) is 0 Å². The van der Waals surface area contributed by atoms with Gasteiger partial charge in [0.05, 0.1) is 15.6 Å². The highest BCUT2D eigenvalue weighted by Crippen LogP contribution is 2.46. The molecule has 3 heterocycles. The van der Waals surface area contributed by atoms with Gasteiger partial charge in [0, 0.05) is 42.9 Å². The van der Waals surface area contributed by atoms with Crippen LogP contribution < -0.4 is 10.2 Å². The Bertz CT molecular complexity index is 874. The molecule has 1 amide bonds. The standard InChI is InChI=1S/C17H15Cl2N5O/c1-8-13(18)14(19)16(22-8)17(25)23-15-10-6-24(7-11(10)15)12-3-2-9(4-20)5-21-12/h2-3,5,10-11,15,22H,6-7H2,1H3,(H,23,25)/t10-,11+,15?. The first-order valence-corrected chi connectivity index (χ1v) is 8.70. The van der Waals surface area contributed by atoms with E-state index in [0.717, 1.165) is 18.9 Å². The SMILES string of the molecule is Cc1[nH]c(C(=O)NC2[C@H]3CN(c4ccc(C#N)cn4)C[C@@H]23)c(Cl)c1Cl. The number of H-pyrrole nitrogens is 1. The average molecular weight is 376 g/mol. The highest BCUT2D eigenvalue weighted by Gasteiger charge is 2.56. The van der Waals surface area contributed by atoms with Crippen molar-refractivity contribution in [2.24, 2.45) is 11.8 Å². The van der Waals surface area contributed by atoms with Crippen molar-refractivity contribution in [2.75, 3.05) is 18.0 Å². The average Bonchev–Trinajstić information content (AvgIpc) is 2.95. The summed E-state index contributed by atoms with van der Waals surface area (Å²) in [6.07, 6.45) is 1.58. The number of rotatable bonds is 3. The molecule has 1 aliphatic heterocycles. The van der Waals surface area contributed by atoms with Gasteiger partial charge in [-0.1, -0.05) is 23.2 Å². The maximum atomic E-state index is 12.4. The first-order chi connectivity index (χ1) is 12.0. The Morgan fingerprint density at radius 3 is 2.60 bits per heavy atom. The Morgan fingerprint density at radius 2 is 2.08 bits per heavy atom. The third-order valence-corrected chi connectivity index (χ3v) is 5.92. The fraction of sp³-hybridized carbons (Fsp3) is 0.353. The van der Waals surface area contributed by atoms with Gasteiger partial charge in [0.1, 0.15) is 17.6 Å². The van der Waals surface area contributed by atoms with Crippen molar-refractivity contribution in [3.63, 3.8) is 0 Å². The molecule has 0 bridgehead atoms. The summed E-state index contributed by atoms with van der Waals surface area (Å²) in [6.45, 7) is 3.46. The van der Waals surface area contributed by atoms with E-state index < -0.39 is 0 Å². The predicted octanol–water partition coefficient (Wildman–Crippen LogP) is 2.76. The molecule has 2 fully saturated rings. The molecule has 0 radical (unpaired) electrons. The molecule has 4 rings (SSSR count). The lowest BCUT2D eigenvalue weighted by molar-refractivity contribution is 0.0942. The topological polar surface area (TPSA) is 84.8 Å². The normalized spacial score (nSPS) is 23.9. The van der Waals surface area contributed by atoms with Gasteiger partial charge in [0.15, 0.2) is 0 Å². The van der Waals surface area contributed by atoms with E-state index >= 15 is 0 Å². The monoisotopic (exact) mass is 375 g/mol. The van der Waals surface area contributed by atoms with Crippen LogP contribution in [0.4, 0.5) is 5.82 Å². The number of hydrogen-bond donors (Lipinski definition) is 2. The molecule has 6 nitrogen and oxygen atoms in total. The number of halogens is 2. The van der Waals surface area contributed by atoms with Gasteiger partial charge in [-0.25, -0.2) is 4.98 Å². The lowest BCUT2D eigenvalue weighted by Gasteiger charge is -2.21. The fourth-order valence-electron chi connectivity index (χ4n) is 3.52. The Balaban J connectivity index is 1.37. The molecule has 2 aromatic heterocycles. The van der Waals surface area contributed by atoms with Gasteiger partial charge in [0.25, 0.3) is 5.91 Å². The van der Waals surface area contributed by atoms with Crippen LogP contribution >= 0.6 is 23.2 Å². The van der Waals surface area contributed by atoms with Gasteiger partial charge < -0.3 is 15.2 Å². The number of aromatic amines is 1. The maximum absolute atomic E-state index is 12.4. The molecule has 8 heteroatoms. The second-order valence-electron chi connectivity index (χ2n) is 6.50. The number of nitrogens with one attached hydrogen (secondary N) is 2. The third kappa shape index (κ3) is 2.74. The summed E-state index contributed by atoms with van der Waals surface area (Å²) in [5.74, 6) is 1.46. The number of amides is 1. The lowest BCUT2D eigenvalue weighted by atomic mass is 10.3. The van der Waals surface area contributed by atoms with E-state index in [9.17, 15) is 4.79 Å². The third-order valence-electron chi connectivity index (χ3n) is 4.97. The zero-order valence-corrected chi connectivity index (χ0v) is 14.9. The molecule has 2 N–H and O–H groups in total. The zero-order chi connectivity index (χ0) is 17.7. The molecule has 1 aliphatic carbocycles. The molecule has 1 saturated carbocycles. The van der Waals surface area contributed by atoms with Crippen LogP contribution in [0, 0.1) is 30.1 Å². The molecule has 1 unspecified atom stereocenters. The highest BCUT2D eigenvalue weighted by atomic mass is 35.5. The number of fused-ring (bicyclic) bond motifs is 1. The second kappa shape index (κ2) is 5.94. The summed E-state index contributed by atoms with van der Waals surface area (Å²) in [5.41, 5.74) is 1.56. The molecule has 0 aromatic carbocycles. The van der Waals surface area contributed by atoms with Crippen LogP contribution in [-0.4, -0.2) is 35.0 Å². The Kier molecular flexibility index (Phi) is 3.86. The summed E-state index contributed by atoms with van der Waals surface area (Å²) in [6, 6.07) is 5.85. The van der Waals surface area contributed by atoms with Gasteiger partial charge in [-0.2, -0.15) is 5.26 Å². The minimum Gasteiger partial charge on any atom is -0.356 e. The summed E-state index contributed by atoms with van der Waals surface area (Å²) in [7, 11) is 0. The number of piperidine rings is 1. The molecule has 25 heavy (non-hydrogen) atoms. The molecule has 0 spiro atoms. The number of anilines is 1. The number of nitriles is 1. The van der Waals surface area contributed by atoms with Gasteiger partial charge in [-0.3, -0.25) is 4.79 Å². The number of hydrogen-bond acceptors (Lipinski definition) is 4. The highest BCUT2D eigenvalue weighted by molar-refractivity contribution is 6.44. The van der Waals surface area contributed by atoms with Crippen LogP contribution in [0.15, 0.2) is 18.3 Å². The largest absolute Gasteiger partial charge is 0.356 e. The molecular weight excluding hydrogens is 361 g/mol. The van der Waals surface area contributed by atoms with E-state index in [-0.39, 0.29) is 17.0 Å². The number of aromatic nitrogens is 2. The van der Waals surface area contributed by atoms with Crippen LogP contribution in [0.5, 0.6) is 0 Å².